The van der Waals surface area contributed by atoms with Gasteiger partial charge in [0, 0.05) is 11.4 Å². The normalized spacial score (nSPS) is 15.5. The van der Waals surface area contributed by atoms with Gasteiger partial charge in [0.2, 0.25) is 0 Å². The van der Waals surface area contributed by atoms with Crippen LogP contribution in [-0.2, 0) is 0 Å². The van der Waals surface area contributed by atoms with Gasteiger partial charge < -0.3 is 9.80 Å². The maximum Gasteiger partial charge on any atom is 0.137 e. The van der Waals surface area contributed by atoms with Crippen LogP contribution in [0.15, 0.2) is 109 Å². The summed E-state index contributed by atoms with van der Waals surface area (Å²) >= 11 is 0. The molecule has 0 N–H and O–H groups in total. The first kappa shape index (κ1) is 16.6. The molecule has 4 aromatic carbocycles. The molecule has 136 valence electrons. The average molecular weight is 362 g/mol. The highest BCUT2D eigenvalue weighted by Gasteiger charge is 2.38. The number of para-hydroxylation sites is 2. The summed E-state index contributed by atoms with van der Waals surface area (Å²) in [6, 6.07) is 38.8. The predicted molar refractivity (Wildman–Crippen MR) is 118 cm³/mol. The maximum absolute atomic E-state index is 2.45. The molecule has 1 aliphatic heterocycles. The monoisotopic (exact) mass is 362 g/mol. The largest absolute Gasteiger partial charge is 0.314 e. The fourth-order valence-corrected chi connectivity index (χ4v) is 4.07. The Morgan fingerprint density at radius 3 is 1.61 bits per heavy atom. The van der Waals surface area contributed by atoms with E-state index in [0.29, 0.717) is 0 Å². The van der Waals surface area contributed by atoms with Crippen LogP contribution in [0.1, 0.15) is 17.3 Å². The van der Waals surface area contributed by atoms with E-state index in [9.17, 15) is 0 Å². The molecule has 28 heavy (non-hydrogen) atoms. The van der Waals surface area contributed by atoms with Gasteiger partial charge in [-0.15, -0.1) is 0 Å². The molecule has 1 unspecified atom stereocenters. The summed E-state index contributed by atoms with van der Waals surface area (Å²) in [5.74, 6) is 0. The van der Waals surface area contributed by atoms with Crippen molar-refractivity contribution in [3.63, 3.8) is 0 Å². The Morgan fingerprint density at radius 1 is 0.536 bits per heavy atom. The van der Waals surface area contributed by atoms with Crippen molar-refractivity contribution >= 4 is 22.7 Å². The lowest BCUT2D eigenvalue weighted by atomic mass is 10.1. The van der Waals surface area contributed by atoms with Gasteiger partial charge in [-0.3, -0.25) is 0 Å². The Bertz CT molecular complexity index is 1080. The zero-order valence-electron chi connectivity index (χ0n) is 15.9. The third-order valence-corrected chi connectivity index (χ3v) is 5.31. The molecule has 0 aliphatic carbocycles. The Kier molecular flexibility index (Phi) is 4.10. The lowest BCUT2D eigenvalue weighted by molar-refractivity contribution is 0.746. The summed E-state index contributed by atoms with van der Waals surface area (Å²) in [7, 11) is 0. The minimum absolute atomic E-state index is 0.0581. The van der Waals surface area contributed by atoms with Gasteiger partial charge >= 0.3 is 0 Å². The minimum Gasteiger partial charge on any atom is -0.314 e. The Labute approximate surface area is 166 Å². The average Bonchev–Trinajstić information content (AvgIpc) is 3.10. The molecule has 0 spiro atoms. The van der Waals surface area contributed by atoms with E-state index >= 15 is 0 Å². The van der Waals surface area contributed by atoms with E-state index in [-0.39, 0.29) is 6.17 Å². The second-order valence-corrected chi connectivity index (χ2v) is 7.19. The van der Waals surface area contributed by atoms with Gasteiger partial charge in [0.1, 0.15) is 6.17 Å². The fraction of sp³-hybridized carbons (Fsp3) is 0.0769. The van der Waals surface area contributed by atoms with Crippen LogP contribution in [0, 0.1) is 6.92 Å². The van der Waals surface area contributed by atoms with Gasteiger partial charge in [0.15, 0.2) is 0 Å². The van der Waals surface area contributed by atoms with Crippen LogP contribution in [-0.4, -0.2) is 0 Å². The molecule has 1 heterocycles. The van der Waals surface area contributed by atoms with Gasteiger partial charge in [-0.25, -0.2) is 0 Å². The van der Waals surface area contributed by atoms with Crippen molar-refractivity contribution in [2.45, 2.75) is 13.1 Å². The molecule has 2 heteroatoms. The number of benzene rings is 4. The highest BCUT2D eigenvalue weighted by molar-refractivity contribution is 5.89. The van der Waals surface area contributed by atoms with Crippen LogP contribution in [0.5, 0.6) is 0 Å². The molecule has 5 rings (SSSR count). The van der Waals surface area contributed by atoms with Gasteiger partial charge in [-0.1, -0.05) is 72.8 Å². The van der Waals surface area contributed by atoms with E-state index in [2.05, 4.69) is 126 Å². The number of anilines is 4. The Hall–Kier alpha value is -3.52. The molecule has 0 radical (unpaired) electrons. The summed E-state index contributed by atoms with van der Waals surface area (Å²) in [6.07, 6.45) is 0.0581. The molecule has 0 saturated carbocycles. The fourth-order valence-electron chi connectivity index (χ4n) is 4.07. The Balaban J connectivity index is 1.78. The zero-order chi connectivity index (χ0) is 18.9. The molecular formula is C26H22N2. The first-order chi connectivity index (χ1) is 13.8. The van der Waals surface area contributed by atoms with Crippen molar-refractivity contribution in [1.82, 2.24) is 0 Å². The third-order valence-electron chi connectivity index (χ3n) is 5.31. The molecule has 0 bridgehead atoms. The summed E-state index contributed by atoms with van der Waals surface area (Å²) in [5.41, 5.74) is 7.39. The minimum atomic E-state index is 0.0581. The van der Waals surface area contributed by atoms with E-state index in [4.69, 9.17) is 0 Å². The number of rotatable bonds is 3. The quantitative estimate of drug-likeness (QED) is 0.388. The second-order valence-electron chi connectivity index (χ2n) is 7.19. The van der Waals surface area contributed by atoms with E-state index < -0.39 is 0 Å². The van der Waals surface area contributed by atoms with Gasteiger partial charge in [0.05, 0.1) is 11.4 Å². The van der Waals surface area contributed by atoms with Gasteiger partial charge in [0.25, 0.3) is 0 Å². The summed E-state index contributed by atoms with van der Waals surface area (Å²) < 4.78 is 0. The van der Waals surface area contributed by atoms with Crippen LogP contribution >= 0.6 is 0 Å². The van der Waals surface area contributed by atoms with Gasteiger partial charge in [-0.05, 0) is 54.4 Å². The van der Waals surface area contributed by atoms with Crippen molar-refractivity contribution in [2.75, 3.05) is 9.80 Å². The molecule has 0 aromatic heterocycles. The standard InChI is InChI=1S/C26H22N2/c1-20-17-18-24-25(19-20)28(23-15-9-4-10-16-23)26(21-11-5-2-6-12-21)27(24)22-13-7-3-8-14-22/h2-19,26H,1H3. The lowest BCUT2D eigenvalue weighted by Crippen LogP contribution is -2.30. The second kappa shape index (κ2) is 6.90. The number of hydrogen-bond donors (Lipinski definition) is 0. The van der Waals surface area contributed by atoms with Crippen molar-refractivity contribution in [1.29, 1.82) is 0 Å². The smallest absolute Gasteiger partial charge is 0.137 e. The summed E-state index contributed by atoms with van der Waals surface area (Å²) in [5, 5.41) is 0. The van der Waals surface area contributed by atoms with Crippen molar-refractivity contribution in [3.05, 3.63) is 120 Å². The van der Waals surface area contributed by atoms with Crippen LogP contribution in [0.25, 0.3) is 0 Å². The van der Waals surface area contributed by atoms with E-state index in [1.165, 1.54) is 33.9 Å². The highest BCUT2D eigenvalue weighted by Crippen LogP contribution is 2.53. The summed E-state index contributed by atoms with van der Waals surface area (Å²) in [4.78, 5) is 4.89. The molecular weight excluding hydrogens is 340 g/mol. The summed E-state index contributed by atoms with van der Waals surface area (Å²) in [6.45, 7) is 2.16. The predicted octanol–water partition coefficient (Wildman–Crippen LogP) is 6.98. The van der Waals surface area contributed by atoms with Gasteiger partial charge in [-0.2, -0.15) is 0 Å². The van der Waals surface area contributed by atoms with Crippen LogP contribution in [0.4, 0.5) is 22.7 Å². The molecule has 0 amide bonds. The number of fused-ring (bicyclic) bond motifs is 1. The van der Waals surface area contributed by atoms with Crippen LogP contribution in [0.3, 0.4) is 0 Å². The number of nitrogens with zero attached hydrogens (tertiary/aromatic N) is 2. The third kappa shape index (κ3) is 2.74. The van der Waals surface area contributed by atoms with E-state index in [0.717, 1.165) is 0 Å². The number of hydrogen-bond acceptors (Lipinski definition) is 2. The first-order valence-corrected chi connectivity index (χ1v) is 9.67. The van der Waals surface area contributed by atoms with Crippen molar-refractivity contribution in [3.8, 4) is 0 Å². The molecule has 0 fully saturated rings. The first-order valence-electron chi connectivity index (χ1n) is 9.67. The maximum atomic E-state index is 2.45. The van der Waals surface area contributed by atoms with Crippen molar-refractivity contribution in [2.24, 2.45) is 0 Å². The molecule has 4 aromatic rings. The molecule has 1 aliphatic rings. The van der Waals surface area contributed by atoms with E-state index in [1.54, 1.807) is 0 Å². The zero-order valence-corrected chi connectivity index (χ0v) is 15.9. The topological polar surface area (TPSA) is 6.48 Å². The molecule has 2 nitrogen and oxygen atoms in total. The van der Waals surface area contributed by atoms with E-state index in [1.807, 2.05) is 0 Å². The SMILES string of the molecule is Cc1ccc2c(c1)N(c1ccccc1)C(c1ccccc1)N2c1ccccc1. The lowest BCUT2D eigenvalue weighted by Gasteiger charge is -2.33. The highest BCUT2D eigenvalue weighted by atomic mass is 15.4. The van der Waals surface area contributed by atoms with Crippen LogP contribution in [0.2, 0.25) is 0 Å². The van der Waals surface area contributed by atoms with Crippen LogP contribution < -0.4 is 9.80 Å². The Morgan fingerprint density at radius 2 is 1.04 bits per heavy atom. The number of aryl methyl sites for hydroxylation is 1. The molecule has 0 saturated heterocycles. The van der Waals surface area contributed by atoms with Crippen molar-refractivity contribution < 1.29 is 0 Å². The molecule has 1 atom stereocenters.